The van der Waals surface area contributed by atoms with Gasteiger partial charge in [0, 0.05) is 14.8 Å². The van der Waals surface area contributed by atoms with Crippen LogP contribution < -0.4 is 5.32 Å². The van der Waals surface area contributed by atoms with Crippen molar-refractivity contribution >= 4 is 27.7 Å². The van der Waals surface area contributed by atoms with Crippen LogP contribution in [-0.2, 0) is 11.2 Å². The van der Waals surface area contributed by atoms with Crippen molar-refractivity contribution in [3.8, 4) is 0 Å². The Kier molecular flexibility index (Phi) is 4.66. The second-order valence-electron chi connectivity index (χ2n) is 5.55. The first-order chi connectivity index (χ1) is 10.2. The first-order valence-corrected chi connectivity index (χ1v) is 8.86. The Labute approximate surface area is 137 Å². The Balaban J connectivity index is 1.67. The molecule has 1 aromatic heterocycles. The summed E-state index contributed by atoms with van der Waals surface area (Å²) in [5.74, 6) is 2.28. The van der Waals surface area contributed by atoms with Gasteiger partial charge in [-0.2, -0.15) is 4.98 Å². The highest BCUT2D eigenvalue weighted by Gasteiger charge is 2.34. The maximum Gasteiger partial charge on any atom is 0.232 e. The zero-order chi connectivity index (χ0) is 14.7. The van der Waals surface area contributed by atoms with Gasteiger partial charge in [-0.1, -0.05) is 24.2 Å². The molecular weight excluding hydrogens is 350 g/mol. The quantitative estimate of drug-likeness (QED) is 0.833. The van der Waals surface area contributed by atoms with Gasteiger partial charge in [0.15, 0.2) is 5.82 Å². The number of nitrogens with zero attached hydrogens (tertiary/aromatic N) is 2. The van der Waals surface area contributed by atoms with Crippen LogP contribution in [0.3, 0.4) is 0 Å². The summed E-state index contributed by atoms with van der Waals surface area (Å²) in [6, 6.07) is 8.17. The highest BCUT2D eigenvalue weighted by atomic mass is 79.9. The first-order valence-electron chi connectivity index (χ1n) is 7.08. The average Bonchev–Trinajstić information content (AvgIpc) is 2.97. The highest BCUT2D eigenvalue weighted by Crippen LogP contribution is 2.33. The predicted octanol–water partition coefficient (Wildman–Crippen LogP) is 3.77. The number of thioether (sulfide) groups is 1. The van der Waals surface area contributed by atoms with E-state index in [4.69, 9.17) is 4.52 Å². The number of hydrogen-bond acceptors (Lipinski definition) is 5. The van der Waals surface area contributed by atoms with Crippen LogP contribution in [0.4, 0.5) is 0 Å². The van der Waals surface area contributed by atoms with Gasteiger partial charge in [-0.3, -0.25) is 0 Å². The van der Waals surface area contributed by atoms with E-state index < -0.39 is 0 Å². The van der Waals surface area contributed by atoms with Gasteiger partial charge in [0.05, 0.1) is 5.75 Å². The second kappa shape index (κ2) is 6.50. The van der Waals surface area contributed by atoms with E-state index in [2.05, 4.69) is 44.4 Å². The SMILES string of the molecule is CC1(c2nc(CSc3ccccc3Br)no2)CCNCC1. The third-order valence-corrected chi connectivity index (χ3v) is 5.91. The van der Waals surface area contributed by atoms with Gasteiger partial charge < -0.3 is 9.84 Å². The number of halogens is 1. The predicted molar refractivity (Wildman–Crippen MR) is 87.5 cm³/mol. The summed E-state index contributed by atoms with van der Waals surface area (Å²) >= 11 is 5.27. The molecule has 0 spiro atoms. The minimum atomic E-state index is 0.0223. The number of piperidine rings is 1. The van der Waals surface area contributed by atoms with Gasteiger partial charge in [0.2, 0.25) is 5.89 Å². The van der Waals surface area contributed by atoms with E-state index in [0.717, 1.165) is 47.9 Å². The van der Waals surface area contributed by atoms with Crippen molar-refractivity contribution in [2.75, 3.05) is 13.1 Å². The Bertz CT molecular complexity index is 610. The van der Waals surface area contributed by atoms with Crippen LogP contribution >= 0.6 is 27.7 Å². The van der Waals surface area contributed by atoms with Crippen molar-refractivity contribution in [1.82, 2.24) is 15.5 Å². The van der Waals surface area contributed by atoms with E-state index >= 15 is 0 Å². The third kappa shape index (κ3) is 3.49. The summed E-state index contributed by atoms with van der Waals surface area (Å²) in [5.41, 5.74) is 0.0223. The molecule has 1 fully saturated rings. The Morgan fingerprint density at radius 3 is 2.86 bits per heavy atom. The fraction of sp³-hybridized carbons (Fsp3) is 0.467. The monoisotopic (exact) mass is 367 g/mol. The molecule has 4 nitrogen and oxygen atoms in total. The largest absolute Gasteiger partial charge is 0.339 e. The molecule has 21 heavy (non-hydrogen) atoms. The standard InChI is InChI=1S/C15H18BrN3OS/c1-15(6-8-17-9-7-15)14-18-13(19-20-14)10-21-12-5-3-2-4-11(12)16/h2-5,17H,6-10H2,1H3. The molecule has 0 saturated carbocycles. The molecule has 1 aliphatic rings. The molecule has 0 aliphatic carbocycles. The van der Waals surface area contributed by atoms with E-state index in [0.29, 0.717) is 0 Å². The van der Waals surface area contributed by atoms with Gasteiger partial charge in [-0.15, -0.1) is 11.8 Å². The van der Waals surface area contributed by atoms with Crippen LogP contribution in [0.1, 0.15) is 31.5 Å². The van der Waals surface area contributed by atoms with Crippen molar-refractivity contribution in [2.45, 2.75) is 35.8 Å². The zero-order valence-electron chi connectivity index (χ0n) is 11.9. The Morgan fingerprint density at radius 2 is 2.10 bits per heavy atom. The lowest BCUT2D eigenvalue weighted by atomic mass is 9.81. The highest BCUT2D eigenvalue weighted by molar-refractivity contribution is 9.10. The topological polar surface area (TPSA) is 51.0 Å². The smallest absolute Gasteiger partial charge is 0.232 e. The van der Waals surface area contributed by atoms with Crippen molar-refractivity contribution < 1.29 is 4.52 Å². The molecular formula is C15H18BrN3OS. The maximum absolute atomic E-state index is 5.51. The zero-order valence-corrected chi connectivity index (χ0v) is 14.3. The van der Waals surface area contributed by atoms with Crippen molar-refractivity contribution in [3.63, 3.8) is 0 Å². The molecule has 112 valence electrons. The molecule has 0 radical (unpaired) electrons. The van der Waals surface area contributed by atoms with Crippen LogP contribution in [0.15, 0.2) is 38.2 Å². The number of rotatable bonds is 4. The molecule has 2 heterocycles. The molecule has 6 heteroatoms. The molecule has 2 aromatic rings. The molecule has 1 saturated heterocycles. The minimum Gasteiger partial charge on any atom is -0.339 e. The lowest BCUT2D eigenvalue weighted by Gasteiger charge is -2.30. The summed E-state index contributed by atoms with van der Waals surface area (Å²) < 4.78 is 6.61. The molecule has 0 bridgehead atoms. The van der Waals surface area contributed by atoms with Gasteiger partial charge in [0.1, 0.15) is 0 Å². The average molecular weight is 368 g/mol. The lowest BCUT2D eigenvalue weighted by molar-refractivity contribution is 0.240. The van der Waals surface area contributed by atoms with Crippen molar-refractivity contribution in [2.24, 2.45) is 0 Å². The third-order valence-electron chi connectivity index (χ3n) is 3.88. The number of nitrogens with one attached hydrogen (secondary N) is 1. The summed E-state index contributed by atoms with van der Waals surface area (Å²) in [4.78, 5) is 5.80. The van der Waals surface area contributed by atoms with Crippen molar-refractivity contribution in [1.29, 1.82) is 0 Å². The van der Waals surface area contributed by atoms with Crippen LogP contribution in [0.25, 0.3) is 0 Å². The normalized spacial score (nSPS) is 17.8. The summed E-state index contributed by atoms with van der Waals surface area (Å²) in [6.45, 7) is 4.24. The van der Waals surface area contributed by atoms with Crippen molar-refractivity contribution in [3.05, 3.63) is 40.5 Å². The fourth-order valence-corrected chi connectivity index (χ4v) is 3.86. The van der Waals surface area contributed by atoms with Crippen LogP contribution in [0.2, 0.25) is 0 Å². The number of benzene rings is 1. The number of hydrogen-bond donors (Lipinski definition) is 1. The molecule has 3 rings (SSSR count). The van der Waals surface area contributed by atoms with Crippen LogP contribution in [-0.4, -0.2) is 23.2 Å². The van der Waals surface area contributed by atoms with Gasteiger partial charge in [-0.05, 0) is 54.0 Å². The molecule has 0 amide bonds. The van der Waals surface area contributed by atoms with Gasteiger partial charge in [-0.25, -0.2) is 0 Å². The van der Waals surface area contributed by atoms with E-state index in [1.165, 1.54) is 4.90 Å². The molecule has 0 unspecified atom stereocenters. The van der Waals surface area contributed by atoms with Gasteiger partial charge in [0.25, 0.3) is 0 Å². The van der Waals surface area contributed by atoms with E-state index in [-0.39, 0.29) is 5.41 Å². The van der Waals surface area contributed by atoms with Crippen LogP contribution in [0.5, 0.6) is 0 Å². The molecule has 0 atom stereocenters. The lowest BCUT2D eigenvalue weighted by Crippen LogP contribution is -2.37. The summed E-state index contributed by atoms with van der Waals surface area (Å²) in [7, 11) is 0. The van der Waals surface area contributed by atoms with E-state index in [1.54, 1.807) is 11.8 Å². The molecule has 1 N–H and O–H groups in total. The Morgan fingerprint density at radius 1 is 1.33 bits per heavy atom. The molecule has 1 aliphatic heterocycles. The minimum absolute atomic E-state index is 0.0223. The van der Waals surface area contributed by atoms with Crippen LogP contribution in [0, 0.1) is 0 Å². The van der Waals surface area contributed by atoms with E-state index in [1.807, 2.05) is 18.2 Å². The Hall–Kier alpha value is -0.850. The maximum atomic E-state index is 5.51. The summed E-state index contributed by atoms with van der Waals surface area (Å²) in [6.07, 6.45) is 2.10. The number of aromatic nitrogens is 2. The van der Waals surface area contributed by atoms with Gasteiger partial charge >= 0.3 is 0 Å². The first kappa shape index (κ1) is 15.1. The second-order valence-corrected chi connectivity index (χ2v) is 7.42. The molecule has 1 aromatic carbocycles. The van der Waals surface area contributed by atoms with E-state index in [9.17, 15) is 0 Å². The fourth-order valence-electron chi connectivity index (χ4n) is 2.45. The summed E-state index contributed by atoms with van der Waals surface area (Å²) in [5, 5.41) is 7.51.